The fourth-order valence-corrected chi connectivity index (χ4v) is 3.28. The molecule has 0 atom stereocenters. The summed E-state index contributed by atoms with van der Waals surface area (Å²) in [6, 6.07) is 15.0. The van der Waals surface area contributed by atoms with Crippen LogP contribution in [-0.2, 0) is 0 Å². The summed E-state index contributed by atoms with van der Waals surface area (Å²) in [6.45, 7) is 6.57. The Bertz CT molecular complexity index is 772. The first-order valence-electron chi connectivity index (χ1n) is 6.82. The molecule has 0 fully saturated rings. The van der Waals surface area contributed by atoms with Crippen molar-refractivity contribution in [1.82, 2.24) is 7.76 Å². The van der Waals surface area contributed by atoms with E-state index in [1.807, 2.05) is 0 Å². The number of hydrogen-bond acceptors (Lipinski definition) is 1. The predicted octanol–water partition coefficient (Wildman–Crippen LogP) is 5.33. The Morgan fingerprint density at radius 1 is 1.10 bits per heavy atom. The molecule has 0 saturated carbocycles. The second kappa shape index (κ2) is 5.20. The first kappa shape index (κ1) is 13.6. The van der Waals surface area contributed by atoms with E-state index in [2.05, 4.69) is 88.9 Å². The minimum atomic E-state index is 0.490. The summed E-state index contributed by atoms with van der Waals surface area (Å²) < 4.78 is 2.17. The second-order valence-electron chi connectivity index (χ2n) is 5.45. The van der Waals surface area contributed by atoms with Crippen LogP contribution in [0.5, 0.6) is 0 Å². The van der Waals surface area contributed by atoms with Crippen LogP contribution in [0.15, 0.2) is 42.5 Å². The maximum Gasteiger partial charge on any atom is 0.150 e. The molecule has 1 heterocycles. The van der Waals surface area contributed by atoms with E-state index < -0.39 is 0 Å². The van der Waals surface area contributed by atoms with Crippen molar-refractivity contribution in [2.24, 2.45) is 0 Å². The molecule has 0 aliphatic rings. The molecule has 3 rings (SSSR count). The van der Waals surface area contributed by atoms with Crippen molar-refractivity contribution in [3.05, 3.63) is 53.6 Å². The van der Waals surface area contributed by atoms with Gasteiger partial charge in [0, 0.05) is 5.56 Å². The molecule has 20 heavy (non-hydrogen) atoms. The summed E-state index contributed by atoms with van der Waals surface area (Å²) in [7, 11) is 0. The number of fused-ring (bicyclic) bond motifs is 1. The van der Waals surface area contributed by atoms with Gasteiger partial charge < -0.3 is 0 Å². The van der Waals surface area contributed by atoms with Gasteiger partial charge in [0.15, 0.2) is 0 Å². The van der Waals surface area contributed by atoms with E-state index in [9.17, 15) is 0 Å². The number of hydrogen-bond donors (Lipinski definition) is 0. The Morgan fingerprint density at radius 3 is 2.60 bits per heavy atom. The van der Waals surface area contributed by atoms with Gasteiger partial charge in [-0.2, -0.15) is 0 Å². The van der Waals surface area contributed by atoms with Crippen molar-refractivity contribution < 1.29 is 0 Å². The van der Waals surface area contributed by atoms with E-state index in [1.165, 1.54) is 22.2 Å². The van der Waals surface area contributed by atoms with Gasteiger partial charge >= 0.3 is 0 Å². The standard InChI is InChI=1S/C17H17IN2/c1-11(2)13-6-4-5-7-14(13)17-19-15-9-8-12(3)10-16(15)20(17)18/h4-11H,1-3H3. The number of imidazole rings is 1. The maximum absolute atomic E-state index is 4.82. The SMILES string of the molecule is Cc1ccc2nc(-c3ccccc3C(C)C)n(I)c2c1. The van der Waals surface area contributed by atoms with E-state index in [4.69, 9.17) is 4.98 Å². The van der Waals surface area contributed by atoms with Crippen molar-refractivity contribution in [1.29, 1.82) is 0 Å². The molecule has 0 aliphatic heterocycles. The molecule has 102 valence electrons. The summed E-state index contributed by atoms with van der Waals surface area (Å²) in [5.41, 5.74) is 6.07. The first-order valence-corrected chi connectivity index (χ1v) is 7.79. The lowest BCUT2D eigenvalue weighted by atomic mass is 9.97. The summed E-state index contributed by atoms with van der Waals surface area (Å²) in [6.07, 6.45) is 0. The smallest absolute Gasteiger partial charge is 0.150 e. The third-order valence-corrected chi connectivity index (χ3v) is 4.56. The monoisotopic (exact) mass is 376 g/mol. The van der Waals surface area contributed by atoms with Crippen LogP contribution in [-0.4, -0.2) is 7.76 Å². The Kier molecular flexibility index (Phi) is 3.54. The van der Waals surface area contributed by atoms with E-state index in [0.717, 1.165) is 11.3 Å². The molecule has 3 aromatic rings. The van der Waals surface area contributed by atoms with E-state index in [0.29, 0.717) is 5.92 Å². The Morgan fingerprint density at radius 2 is 1.85 bits per heavy atom. The zero-order valence-electron chi connectivity index (χ0n) is 11.9. The number of aromatic nitrogens is 2. The summed E-state index contributed by atoms with van der Waals surface area (Å²) in [5, 5.41) is 0. The Labute approximate surface area is 133 Å². The Balaban J connectivity index is 2.28. The highest BCUT2D eigenvalue weighted by Gasteiger charge is 2.15. The largest absolute Gasteiger partial charge is 0.264 e. The molecule has 0 radical (unpaired) electrons. The van der Waals surface area contributed by atoms with Crippen molar-refractivity contribution in [2.45, 2.75) is 26.7 Å². The average molecular weight is 376 g/mol. The fraction of sp³-hybridized carbons (Fsp3) is 0.235. The van der Waals surface area contributed by atoms with Crippen molar-refractivity contribution in [3.63, 3.8) is 0 Å². The highest BCUT2D eigenvalue weighted by Crippen LogP contribution is 2.32. The number of rotatable bonds is 2. The zero-order valence-corrected chi connectivity index (χ0v) is 14.0. The molecule has 2 aromatic carbocycles. The number of aryl methyl sites for hydroxylation is 1. The molecule has 0 unspecified atom stereocenters. The molecule has 0 bridgehead atoms. The van der Waals surface area contributed by atoms with Crippen LogP contribution >= 0.6 is 22.9 Å². The second-order valence-corrected chi connectivity index (χ2v) is 6.42. The molecule has 0 spiro atoms. The third kappa shape index (κ3) is 2.24. The zero-order chi connectivity index (χ0) is 14.3. The van der Waals surface area contributed by atoms with Crippen LogP contribution in [0.3, 0.4) is 0 Å². The highest BCUT2D eigenvalue weighted by molar-refractivity contribution is 14.1. The normalized spacial score (nSPS) is 11.4. The minimum Gasteiger partial charge on any atom is -0.264 e. The number of nitrogens with zero attached hydrogens (tertiary/aromatic N) is 2. The van der Waals surface area contributed by atoms with Gasteiger partial charge in [-0.15, -0.1) is 0 Å². The maximum atomic E-state index is 4.82. The lowest BCUT2D eigenvalue weighted by Crippen LogP contribution is -1.95. The van der Waals surface area contributed by atoms with Gasteiger partial charge in [0.25, 0.3) is 0 Å². The van der Waals surface area contributed by atoms with Crippen LogP contribution in [0, 0.1) is 6.92 Å². The lowest BCUT2D eigenvalue weighted by Gasteiger charge is -2.11. The van der Waals surface area contributed by atoms with Gasteiger partial charge in [-0.05, 0) is 36.1 Å². The molecule has 0 aliphatic carbocycles. The van der Waals surface area contributed by atoms with Crippen LogP contribution < -0.4 is 0 Å². The van der Waals surface area contributed by atoms with Gasteiger partial charge in [-0.3, -0.25) is 2.78 Å². The highest BCUT2D eigenvalue weighted by atomic mass is 127. The van der Waals surface area contributed by atoms with Crippen molar-refractivity contribution >= 4 is 33.9 Å². The minimum absolute atomic E-state index is 0.490. The van der Waals surface area contributed by atoms with Gasteiger partial charge in [-0.1, -0.05) is 44.2 Å². The fourth-order valence-electron chi connectivity index (χ4n) is 2.53. The van der Waals surface area contributed by atoms with Gasteiger partial charge in [0.1, 0.15) is 5.82 Å². The average Bonchev–Trinajstić information content (AvgIpc) is 2.76. The van der Waals surface area contributed by atoms with E-state index in [-0.39, 0.29) is 0 Å². The molecular formula is C17H17IN2. The van der Waals surface area contributed by atoms with Crippen LogP contribution in [0.1, 0.15) is 30.9 Å². The van der Waals surface area contributed by atoms with Crippen molar-refractivity contribution in [3.8, 4) is 11.4 Å². The molecule has 0 amide bonds. The molecular weight excluding hydrogens is 359 g/mol. The molecule has 0 N–H and O–H groups in total. The summed E-state index contributed by atoms with van der Waals surface area (Å²) >= 11 is 2.35. The number of halogens is 1. The van der Waals surface area contributed by atoms with Gasteiger partial charge in [-0.25, -0.2) is 4.98 Å². The lowest BCUT2D eigenvalue weighted by molar-refractivity contribution is 0.867. The molecule has 1 aromatic heterocycles. The Hall–Kier alpha value is -1.36. The predicted molar refractivity (Wildman–Crippen MR) is 93.4 cm³/mol. The van der Waals surface area contributed by atoms with Crippen molar-refractivity contribution in [2.75, 3.05) is 0 Å². The quantitative estimate of drug-likeness (QED) is 0.553. The van der Waals surface area contributed by atoms with E-state index in [1.54, 1.807) is 0 Å². The van der Waals surface area contributed by atoms with Gasteiger partial charge in [0.2, 0.25) is 0 Å². The van der Waals surface area contributed by atoms with Crippen LogP contribution in [0.4, 0.5) is 0 Å². The third-order valence-electron chi connectivity index (χ3n) is 3.58. The topological polar surface area (TPSA) is 17.8 Å². The van der Waals surface area contributed by atoms with Gasteiger partial charge in [0.05, 0.1) is 33.9 Å². The first-order chi connectivity index (χ1) is 9.58. The molecule has 0 saturated heterocycles. The molecule has 3 heteroatoms. The van der Waals surface area contributed by atoms with E-state index >= 15 is 0 Å². The summed E-state index contributed by atoms with van der Waals surface area (Å²) in [5.74, 6) is 1.53. The summed E-state index contributed by atoms with van der Waals surface area (Å²) in [4.78, 5) is 4.82. The number of benzene rings is 2. The van der Waals surface area contributed by atoms with Crippen LogP contribution in [0.2, 0.25) is 0 Å². The van der Waals surface area contributed by atoms with Crippen LogP contribution in [0.25, 0.3) is 22.4 Å². The molecule has 2 nitrogen and oxygen atoms in total.